The fraction of sp³-hybridized carbons (Fsp3) is 0.107. The maximum atomic E-state index is 13.6. The topological polar surface area (TPSA) is 63.5 Å². The number of carbonyl (C=O) groups is 1. The molecule has 0 bridgehead atoms. The van der Waals surface area contributed by atoms with Gasteiger partial charge in [-0.15, -0.1) is 0 Å². The summed E-state index contributed by atoms with van der Waals surface area (Å²) in [5.74, 6) is -0.269. The van der Waals surface area contributed by atoms with E-state index in [4.69, 9.17) is 0 Å². The van der Waals surface area contributed by atoms with Gasteiger partial charge in [0.1, 0.15) is 0 Å². The van der Waals surface area contributed by atoms with Gasteiger partial charge in [0, 0.05) is 5.69 Å². The number of rotatable bonds is 4. The molecule has 34 heavy (non-hydrogen) atoms. The number of benzene rings is 3. The van der Waals surface area contributed by atoms with E-state index in [-0.39, 0.29) is 11.5 Å². The minimum Gasteiger partial charge on any atom is -0.322 e. The van der Waals surface area contributed by atoms with Crippen molar-refractivity contribution in [1.29, 1.82) is 0 Å². The van der Waals surface area contributed by atoms with Gasteiger partial charge >= 0.3 is 0 Å². The monoisotopic (exact) mass is 465 g/mol. The molecule has 5 nitrogen and oxygen atoms in total. The lowest BCUT2D eigenvalue weighted by atomic mass is 9.95. The van der Waals surface area contributed by atoms with Crippen LogP contribution in [-0.4, -0.2) is 10.5 Å². The van der Waals surface area contributed by atoms with Crippen LogP contribution in [0.2, 0.25) is 0 Å². The van der Waals surface area contributed by atoms with Crippen molar-refractivity contribution in [3.8, 4) is 0 Å². The van der Waals surface area contributed by atoms with Crippen LogP contribution < -0.4 is 20.2 Å². The molecule has 1 amide bonds. The second-order valence-corrected chi connectivity index (χ2v) is 9.23. The number of aryl methyl sites for hydroxylation is 1. The number of thiazole rings is 1. The van der Waals surface area contributed by atoms with Gasteiger partial charge in [0.15, 0.2) is 4.80 Å². The number of allylic oxidation sites excluding steroid dienone is 1. The summed E-state index contributed by atoms with van der Waals surface area (Å²) < 4.78 is 2.23. The molecule has 1 N–H and O–H groups in total. The van der Waals surface area contributed by atoms with Gasteiger partial charge in [-0.05, 0) is 43.2 Å². The first-order valence-electron chi connectivity index (χ1n) is 11.0. The molecule has 0 unspecified atom stereocenters. The molecule has 0 spiro atoms. The quantitative estimate of drug-likeness (QED) is 0.491. The predicted octanol–water partition coefficient (Wildman–Crippen LogP) is 4.18. The minimum absolute atomic E-state index is 0.157. The maximum absolute atomic E-state index is 13.6. The number of para-hydroxylation sites is 1. The molecular formula is C28H23N3O2S. The smallest absolute Gasteiger partial charge is 0.271 e. The van der Waals surface area contributed by atoms with Crippen LogP contribution in [0.1, 0.15) is 29.7 Å². The zero-order chi connectivity index (χ0) is 23.7. The molecule has 0 aliphatic carbocycles. The van der Waals surface area contributed by atoms with Gasteiger partial charge < -0.3 is 5.32 Å². The van der Waals surface area contributed by atoms with Crippen LogP contribution in [0.3, 0.4) is 0 Å². The normalized spacial score (nSPS) is 15.6. The SMILES string of the molecule is CC1=C(C(=O)Nc2ccccc2)[C@H](c2ccccc2)n2c(s/c(=C/c3ccc(C)cc3)c2=O)=N1. The van der Waals surface area contributed by atoms with Crippen LogP contribution in [-0.2, 0) is 4.79 Å². The van der Waals surface area contributed by atoms with E-state index in [2.05, 4.69) is 10.3 Å². The Labute approximate surface area is 201 Å². The molecule has 1 aromatic heterocycles. The fourth-order valence-corrected chi connectivity index (χ4v) is 5.14. The van der Waals surface area contributed by atoms with Gasteiger partial charge in [0.25, 0.3) is 11.5 Å². The third kappa shape index (κ3) is 4.16. The lowest BCUT2D eigenvalue weighted by Gasteiger charge is -2.25. The Balaban J connectivity index is 1.66. The summed E-state index contributed by atoms with van der Waals surface area (Å²) in [7, 11) is 0. The van der Waals surface area contributed by atoms with Crippen molar-refractivity contribution in [1.82, 2.24) is 4.57 Å². The summed E-state index contributed by atoms with van der Waals surface area (Å²) in [6.45, 7) is 3.86. The number of nitrogens with one attached hydrogen (secondary N) is 1. The molecule has 6 heteroatoms. The number of anilines is 1. The average molecular weight is 466 g/mol. The first-order valence-corrected chi connectivity index (χ1v) is 11.8. The molecule has 5 rings (SSSR count). The van der Waals surface area contributed by atoms with Crippen molar-refractivity contribution in [3.63, 3.8) is 0 Å². The highest BCUT2D eigenvalue weighted by atomic mass is 32.1. The second kappa shape index (κ2) is 9.08. The van der Waals surface area contributed by atoms with Crippen LogP contribution in [0.15, 0.2) is 106 Å². The highest BCUT2D eigenvalue weighted by molar-refractivity contribution is 7.07. The predicted molar refractivity (Wildman–Crippen MR) is 136 cm³/mol. The Morgan fingerprint density at radius 2 is 1.59 bits per heavy atom. The Kier molecular flexibility index (Phi) is 5.82. The number of hydrogen-bond acceptors (Lipinski definition) is 4. The number of fused-ring (bicyclic) bond motifs is 1. The molecular weight excluding hydrogens is 442 g/mol. The van der Waals surface area contributed by atoms with Crippen molar-refractivity contribution in [2.45, 2.75) is 19.9 Å². The summed E-state index contributed by atoms with van der Waals surface area (Å²) in [5.41, 5.74) is 4.57. The van der Waals surface area contributed by atoms with Gasteiger partial charge in [0.05, 0.1) is 21.8 Å². The summed E-state index contributed by atoms with van der Waals surface area (Å²) >= 11 is 1.34. The number of hydrogen-bond donors (Lipinski definition) is 1. The number of nitrogens with zero attached hydrogens (tertiary/aromatic N) is 2. The van der Waals surface area contributed by atoms with E-state index in [1.54, 1.807) is 4.57 Å². The van der Waals surface area contributed by atoms with Crippen molar-refractivity contribution >= 4 is 29.0 Å². The largest absolute Gasteiger partial charge is 0.322 e. The molecule has 168 valence electrons. The van der Waals surface area contributed by atoms with Crippen molar-refractivity contribution < 1.29 is 4.79 Å². The number of carbonyl (C=O) groups excluding carboxylic acids is 1. The Hall–Kier alpha value is -4.03. The van der Waals surface area contributed by atoms with Crippen molar-refractivity contribution in [2.24, 2.45) is 4.99 Å². The van der Waals surface area contributed by atoms with Crippen molar-refractivity contribution in [2.75, 3.05) is 5.32 Å². The van der Waals surface area contributed by atoms with Crippen LogP contribution in [0, 0.1) is 6.92 Å². The standard InChI is InChI=1S/C28H23N3O2S/c1-18-13-15-20(16-14-18)17-23-27(33)31-25(21-9-5-3-6-10-21)24(19(2)29-28(31)34-23)26(32)30-22-11-7-4-8-12-22/h3-17,25H,1-2H3,(H,30,32)/b23-17+/t25-/m0/s1. The zero-order valence-corrected chi connectivity index (χ0v) is 19.7. The van der Waals surface area contributed by atoms with Crippen LogP contribution in [0.4, 0.5) is 5.69 Å². The van der Waals surface area contributed by atoms with Gasteiger partial charge in [-0.25, -0.2) is 4.99 Å². The van der Waals surface area contributed by atoms with Gasteiger partial charge in [0.2, 0.25) is 0 Å². The first kappa shape index (κ1) is 21.8. The Bertz CT molecular complexity index is 1560. The molecule has 2 heterocycles. The van der Waals surface area contributed by atoms with E-state index in [0.717, 1.165) is 16.7 Å². The van der Waals surface area contributed by atoms with E-state index in [1.807, 2.05) is 105 Å². The minimum atomic E-state index is -0.568. The Morgan fingerprint density at radius 1 is 0.941 bits per heavy atom. The van der Waals surface area contributed by atoms with E-state index >= 15 is 0 Å². The lowest BCUT2D eigenvalue weighted by molar-refractivity contribution is -0.113. The second-order valence-electron chi connectivity index (χ2n) is 8.22. The zero-order valence-electron chi connectivity index (χ0n) is 18.9. The number of amides is 1. The molecule has 3 aromatic carbocycles. The fourth-order valence-electron chi connectivity index (χ4n) is 4.10. The molecule has 1 aliphatic rings. The molecule has 0 saturated heterocycles. The third-order valence-corrected chi connectivity index (χ3v) is 6.77. The molecule has 4 aromatic rings. The summed E-state index contributed by atoms with van der Waals surface area (Å²) in [6, 6.07) is 26.4. The lowest BCUT2D eigenvalue weighted by Crippen LogP contribution is -2.40. The average Bonchev–Trinajstić information content (AvgIpc) is 3.15. The van der Waals surface area contributed by atoms with E-state index in [1.165, 1.54) is 11.3 Å². The highest BCUT2D eigenvalue weighted by Crippen LogP contribution is 2.30. The van der Waals surface area contributed by atoms with Gasteiger partial charge in [-0.1, -0.05) is 89.7 Å². The van der Waals surface area contributed by atoms with Crippen LogP contribution >= 0.6 is 11.3 Å². The summed E-state index contributed by atoms with van der Waals surface area (Å²) in [4.78, 5) is 32.4. The van der Waals surface area contributed by atoms with Crippen LogP contribution in [0.5, 0.6) is 0 Å². The maximum Gasteiger partial charge on any atom is 0.271 e. The van der Waals surface area contributed by atoms with Crippen molar-refractivity contribution in [3.05, 3.63) is 133 Å². The third-order valence-electron chi connectivity index (χ3n) is 5.79. The van der Waals surface area contributed by atoms with Gasteiger partial charge in [-0.3, -0.25) is 14.2 Å². The van der Waals surface area contributed by atoms with E-state index < -0.39 is 6.04 Å². The molecule has 1 aliphatic heterocycles. The Morgan fingerprint density at radius 3 is 2.26 bits per heavy atom. The van der Waals surface area contributed by atoms with E-state index in [0.29, 0.717) is 26.3 Å². The van der Waals surface area contributed by atoms with Gasteiger partial charge in [-0.2, -0.15) is 0 Å². The summed E-state index contributed by atoms with van der Waals surface area (Å²) in [6.07, 6.45) is 1.88. The molecule has 0 saturated carbocycles. The molecule has 1 atom stereocenters. The highest BCUT2D eigenvalue weighted by Gasteiger charge is 2.32. The molecule has 0 radical (unpaired) electrons. The van der Waals surface area contributed by atoms with E-state index in [9.17, 15) is 9.59 Å². The molecule has 0 fully saturated rings. The van der Waals surface area contributed by atoms with Crippen LogP contribution in [0.25, 0.3) is 6.08 Å². The number of aromatic nitrogens is 1. The summed E-state index contributed by atoms with van der Waals surface area (Å²) in [5, 5.41) is 2.97. The first-order chi connectivity index (χ1) is 16.5.